The number of carbonyl (C=O) groups excluding carboxylic acids is 1. The number of amides is 2. The lowest BCUT2D eigenvalue weighted by Gasteiger charge is -2.33. The number of nitrogens with one attached hydrogen (secondary N) is 1. The second-order valence-electron chi connectivity index (χ2n) is 4.20. The second-order valence-corrected chi connectivity index (χ2v) is 4.20. The van der Waals surface area contributed by atoms with Crippen molar-refractivity contribution in [2.24, 2.45) is 0 Å². The molecule has 0 bridgehead atoms. The molecule has 18 heavy (non-hydrogen) atoms. The number of nitrogens with zero attached hydrogens (tertiary/aromatic N) is 1. The van der Waals surface area contributed by atoms with Crippen molar-refractivity contribution >= 4 is 12.0 Å². The molecule has 0 saturated carbocycles. The normalized spacial score (nSPS) is 21.4. The standard InChI is InChI=1S/C11H20N2O5/c1-2-8-7-13(4-6-18-8)11(17)12-9(3-5-14)10(15)16/h8-9,14H,2-7H2,1H3,(H,12,17)(H,15,16)/t8?,9-/m1/s1. The Kier molecular flexibility index (Phi) is 5.87. The third-order valence-corrected chi connectivity index (χ3v) is 2.89. The van der Waals surface area contributed by atoms with Crippen molar-refractivity contribution in [2.45, 2.75) is 31.9 Å². The monoisotopic (exact) mass is 260 g/mol. The van der Waals surface area contributed by atoms with Crippen LogP contribution in [0.25, 0.3) is 0 Å². The van der Waals surface area contributed by atoms with E-state index in [0.29, 0.717) is 19.7 Å². The lowest BCUT2D eigenvalue weighted by atomic mass is 10.2. The zero-order valence-corrected chi connectivity index (χ0v) is 10.5. The van der Waals surface area contributed by atoms with Crippen molar-refractivity contribution in [3.8, 4) is 0 Å². The first-order valence-corrected chi connectivity index (χ1v) is 6.09. The number of aliphatic hydroxyl groups is 1. The molecule has 2 atom stereocenters. The molecule has 1 aliphatic rings. The van der Waals surface area contributed by atoms with E-state index in [-0.39, 0.29) is 19.1 Å². The molecule has 1 aliphatic heterocycles. The summed E-state index contributed by atoms with van der Waals surface area (Å²) < 4.78 is 5.43. The lowest BCUT2D eigenvalue weighted by Crippen LogP contribution is -2.53. The van der Waals surface area contributed by atoms with Gasteiger partial charge in [-0.3, -0.25) is 0 Å². The summed E-state index contributed by atoms with van der Waals surface area (Å²) in [5.41, 5.74) is 0. The van der Waals surface area contributed by atoms with E-state index in [1.807, 2.05) is 6.92 Å². The van der Waals surface area contributed by atoms with Gasteiger partial charge in [0, 0.05) is 26.1 Å². The number of morpholine rings is 1. The van der Waals surface area contributed by atoms with Gasteiger partial charge in [0.15, 0.2) is 0 Å². The molecule has 7 nitrogen and oxygen atoms in total. The van der Waals surface area contributed by atoms with Gasteiger partial charge >= 0.3 is 12.0 Å². The Morgan fingerprint density at radius 1 is 1.56 bits per heavy atom. The molecule has 1 heterocycles. The van der Waals surface area contributed by atoms with Crippen molar-refractivity contribution in [1.82, 2.24) is 10.2 Å². The molecule has 3 N–H and O–H groups in total. The summed E-state index contributed by atoms with van der Waals surface area (Å²) in [4.78, 5) is 24.3. The number of carboxylic acids is 1. The van der Waals surface area contributed by atoms with Gasteiger partial charge in [0.2, 0.25) is 0 Å². The van der Waals surface area contributed by atoms with Crippen LogP contribution in [0.15, 0.2) is 0 Å². The fourth-order valence-electron chi connectivity index (χ4n) is 1.78. The molecule has 0 aromatic rings. The SMILES string of the molecule is CCC1CN(C(=O)N[C@H](CCO)C(=O)O)CCO1. The Bertz CT molecular complexity index is 297. The number of aliphatic carboxylic acids is 1. The van der Waals surface area contributed by atoms with E-state index < -0.39 is 18.0 Å². The number of hydrogen-bond acceptors (Lipinski definition) is 4. The molecule has 1 fully saturated rings. The first-order chi connectivity index (χ1) is 8.58. The average Bonchev–Trinajstić information content (AvgIpc) is 2.38. The number of aliphatic hydroxyl groups excluding tert-OH is 1. The minimum absolute atomic E-state index is 0.00260. The van der Waals surface area contributed by atoms with Crippen LogP contribution in [-0.2, 0) is 9.53 Å². The largest absolute Gasteiger partial charge is 0.480 e. The third kappa shape index (κ3) is 4.15. The maximum atomic E-state index is 11.9. The molecular weight excluding hydrogens is 240 g/mol. The van der Waals surface area contributed by atoms with Gasteiger partial charge in [0.05, 0.1) is 12.7 Å². The van der Waals surface area contributed by atoms with E-state index in [0.717, 1.165) is 6.42 Å². The summed E-state index contributed by atoms with van der Waals surface area (Å²) in [6, 6.07) is -1.47. The van der Waals surface area contributed by atoms with Crippen molar-refractivity contribution in [3.63, 3.8) is 0 Å². The maximum absolute atomic E-state index is 11.9. The van der Waals surface area contributed by atoms with Gasteiger partial charge in [0.1, 0.15) is 6.04 Å². The highest BCUT2D eigenvalue weighted by Gasteiger charge is 2.26. The van der Waals surface area contributed by atoms with Crippen molar-refractivity contribution in [3.05, 3.63) is 0 Å². The predicted octanol–water partition coefficient (Wildman–Crippen LogP) is -0.358. The second kappa shape index (κ2) is 7.17. The van der Waals surface area contributed by atoms with Gasteiger partial charge in [-0.2, -0.15) is 0 Å². The fraction of sp³-hybridized carbons (Fsp3) is 0.818. The van der Waals surface area contributed by atoms with Crippen LogP contribution >= 0.6 is 0 Å². The van der Waals surface area contributed by atoms with E-state index in [1.165, 1.54) is 0 Å². The Labute approximate surface area is 106 Å². The van der Waals surface area contributed by atoms with E-state index >= 15 is 0 Å². The van der Waals surface area contributed by atoms with Crippen molar-refractivity contribution in [1.29, 1.82) is 0 Å². The maximum Gasteiger partial charge on any atom is 0.326 e. The molecule has 0 aliphatic carbocycles. The van der Waals surface area contributed by atoms with Gasteiger partial charge in [0.25, 0.3) is 0 Å². The van der Waals surface area contributed by atoms with Gasteiger partial charge in [-0.15, -0.1) is 0 Å². The number of carbonyl (C=O) groups is 2. The van der Waals surface area contributed by atoms with Gasteiger partial charge < -0.3 is 25.2 Å². The fourth-order valence-corrected chi connectivity index (χ4v) is 1.78. The molecule has 104 valence electrons. The smallest absolute Gasteiger partial charge is 0.326 e. The van der Waals surface area contributed by atoms with Gasteiger partial charge in [-0.05, 0) is 6.42 Å². The quantitative estimate of drug-likeness (QED) is 0.627. The van der Waals surface area contributed by atoms with Crippen LogP contribution in [0, 0.1) is 0 Å². The van der Waals surface area contributed by atoms with Gasteiger partial charge in [-0.1, -0.05) is 6.92 Å². The van der Waals surface area contributed by atoms with E-state index in [2.05, 4.69) is 5.32 Å². The molecule has 1 unspecified atom stereocenters. The molecule has 0 aromatic heterocycles. The van der Waals surface area contributed by atoms with Gasteiger partial charge in [-0.25, -0.2) is 9.59 Å². The summed E-state index contributed by atoms with van der Waals surface area (Å²) in [7, 11) is 0. The first-order valence-electron chi connectivity index (χ1n) is 6.09. The Hall–Kier alpha value is -1.34. The Balaban J connectivity index is 2.50. The minimum atomic E-state index is -1.14. The van der Waals surface area contributed by atoms with Crippen LogP contribution in [0.1, 0.15) is 19.8 Å². The summed E-state index contributed by atoms with van der Waals surface area (Å²) in [5.74, 6) is -1.14. The van der Waals surface area contributed by atoms with Crippen LogP contribution < -0.4 is 5.32 Å². The third-order valence-electron chi connectivity index (χ3n) is 2.89. The molecule has 0 spiro atoms. The molecule has 1 rings (SSSR count). The molecule has 1 saturated heterocycles. The Morgan fingerprint density at radius 2 is 2.28 bits per heavy atom. The minimum Gasteiger partial charge on any atom is -0.480 e. The van der Waals surface area contributed by atoms with Crippen LogP contribution in [0.2, 0.25) is 0 Å². The van der Waals surface area contributed by atoms with E-state index in [9.17, 15) is 9.59 Å². The average molecular weight is 260 g/mol. The highest BCUT2D eigenvalue weighted by molar-refractivity contribution is 5.82. The number of rotatable bonds is 5. The van der Waals surface area contributed by atoms with Crippen LogP contribution in [0.5, 0.6) is 0 Å². The zero-order valence-electron chi connectivity index (χ0n) is 10.5. The van der Waals surface area contributed by atoms with Crippen LogP contribution in [0.3, 0.4) is 0 Å². The van der Waals surface area contributed by atoms with Crippen molar-refractivity contribution in [2.75, 3.05) is 26.3 Å². The molecule has 7 heteroatoms. The summed E-state index contributed by atoms with van der Waals surface area (Å²) >= 11 is 0. The highest BCUT2D eigenvalue weighted by Crippen LogP contribution is 2.08. The molecular formula is C11H20N2O5. The number of urea groups is 1. The topological polar surface area (TPSA) is 99.1 Å². The summed E-state index contributed by atoms with van der Waals surface area (Å²) in [6.07, 6.45) is 0.816. The highest BCUT2D eigenvalue weighted by atomic mass is 16.5. The lowest BCUT2D eigenvalue weighted by molar-refractivity contribution is -0.139. The predicted molar refractivity (Wildman–Crippen MR) is 63.3 cm³/mol. The molecule has 0 radical (unpaired) electrons. The first kappa shape index (κ1) is 14.7. The number of carboxylic acid groups (broad SMARTS) is 1. The van der Waals surface area contributed by atoms with E-state index in [4.69, 9.17) is 14.9 Å². The van der Waals surface area contributed by atoms with E-state index in [1.54, 1.807) is 4.90 Å². The Morgan fingerprint density at radius 3 is 2.83 bits per heavy atom. The molecule has 2 amide bonds. The molecule has 0 aromatic carbocycles. The van der Waals surface area contributed by atoms with Crippen LogP contribution in [0.4, 0.5) is 4.79 Å². The summed E-state index contributed by atoms with van der Waals surface area (Å²) in [5, 5.41) is 20.0. The summed E-state index contributed by atoms with van der Waals surface area (Å²) in [6.45, 7) is 3.07. The zero-order chi connectivity index (χ0) is 13.5. The van der Waals surface area contributed by atoms with Crippen LogP contribution in [-0.4, -0.2) is 65.6 Å². The number of ether oxygens (including phenoxy) is 1. The van der Waals surface area contributed by atoms with Crippen molar-refractivity contribution < 1.29 is 24.5 Å². The number of hydrogen-bond donors (Lipinski definition) is 3.